The smallest absolute Gasteiger partial charge is 0.0791 e. The summed E-state index contributed by atoms with van der Waals surface area (Å²) in [7, 11) is 0. The molecule has 0 amide bonds. The summed E-state index contributed by atoms with van der Waals surface area (Å²) in [5.41, 5.74) is 1.27. The van der Waals surface area contributed by atoms with Crippen LogP contribution < -0.4 is 0 Å². The van der Waals surface area contributed by atoms with Gasteiger partial charge in [0.25, 0.3) is 0 Å². The van der Waals surface area contributed by atoms with Gasteiger partial charge in [-0.3, -0.25) is 0 Å². The monoisotopic (exact) mass is 200 g/mol. The molecule has 0 unspecified atom stereocenters. The Kier molecular flexibility index (Phi) is 30.8. The van der Waals surface area contributed by atoms with Crippen LogP contribution in [0.2, 0.25) is 0 Å². The maximum atomic E-state index is 8.19. The SMILES string of the molecule is CC/C(C)=C/C=C\O.CCC.CCC. The van der Waals surface area contributed by atoms with Gasteiger partial charge in [0.05, 0.1) is 6.26 Å². The van der Waals surface area contributed by atoms with Crippen molar-refractivity contribution in [3.63, 3.8) is 0 Å². The Labute approximate surface area is 90.5 Å². The summed E-state index contributed by atoms with van der Waals surface area (Å²) in [6.07, 6.45) is 8.10. The van der Waals surface area contributed by atoms with Crippen LogP contribution in [0.15, 0.2) is 24.0 Å². The number of aliphatic hydroxyl groups excluding tert-OH is 1. The van der Waals surface area contributed by atoms with Crippen molar-refractivity contribution in [1.29, 1.82) is 0 Å². The average molecular weight is 200 g/mol. The summed E-state index contributed by atoms with van der Waals surface area (Å²) in [4.78, 5) is 0. The lowest BCUT2D eigenvalue weighted by Gasteiger charge is -1.86. The Morgan fingerprint density at radius 1 is 1.00 bits per heavy atom. The lowest BCUT2D eigenvalue weighted by Crippen LogP contribution is -1.66. The fourth-order valence-corrected chi connectivity index (χ4v) is 0.325. The van der Waals surface area contributed by atoms with Crippen LogP contribution in [0.1, 0.15) is 60.8 Å². The highest BCUT2D eigenvalue weighted by Gasteiger charge is 1.76. The summed E-state index contributed by atoms with van der Waals surface area (Å²) < 4.78 is 0. The molecule has 0 aromatic carbocycles. The van der Waals surface area contributed by atoms with Gasteiger partial charge in [-0.1, -0.05) is 59.1 Å². The number of aliphatic hydroxyl groups is 1. The van der Waals surface area contributed by atoms with Crippen LogP contribution in [0.4, 0.5) is 0 Å². The Balaban J connectivity index is -0.000000168. The molecule has 0 aliphatic heterocycles. The van der Waals surface area contributed by atoms with Gasteiger partial charge in [-0.2, -0.15) is 0 Å². The number of rotatable bonds is 2. The summed E-state index contributed by atoms with van der Waals surface area (Å²) in [6, 6.07) is 0. The van der Waals surface area contributed by atoms with E-state index in [1.54, 1.807) is 6.08 Å². The van der Waals surface area contributed by atoms with E-state index in [0.717, 1.165) is 12.7 Å². The van der Waals surface area contributed by atoms with Gasteiger partial charge in [0.15, 0.2) is 0 Å². The van der Waals surface area contributed by atoms with Gasteiger partial charge in [0.1, 0.15) is 0 Å². The molecule has 0 aliphatic carbocycles. The fraction of sp³-hybridized carbons (Fsp3) is 0.692. The second-order valence-corrected chi connectivity index (χ2v) is 3.12. The van der Waals surface area contributed by atoms with Crippen molar-refractivity contribution in [1.82, 2.24) is 0 Å². The molecule has 86 valence electrons. The van der Waals surface area contributed by atoms with Crippen molar-refractivity contribution < 1.29 is 5.11 Å². The first-order chi connectivity index (χ1) is 6.64. The zero-order valence-corrected chi connectivity index (χ0v) is 10.8. The second kappa shape index (κ2) is 22.8. The van der Waals surface area contributed by atoms with E-state index in [-0.39, 0.29) is 0 Å². The number of hydrogen-bond donors (Lipinski definition) is 1. The van der Waals surface area contributed by atoms with Gasteiger partial charge >= 0.3 is 0 Å². The largest absolute Gasteiger partial charge is 0.516 e. The zero-order valence-electron chi connectivity index (χ0n) is 10.8. The van der Waals surface area contributed by atoms with Gasteiger partial charge in [-0.05, 0) is 19.4 Å². The molecule has 0 atom stereocenters. The first kappa shape index (κ1) is 18.9. The van der Waals surface area contributed by atoms with E-state index >= 15 is 0 Å². The van der Waals surface area contributed by atoms with Crippen molar-refractivity contribution in [2.24, 2.45) is 0 Å². The number of allylic oxidation sites excluding steroid dienone is 3. The van der Waals surface area contributed by atoms with Crippen molar-refractivity contribution in [3.8, 4) is 0 Å². The van der Waals surface area contributed by atoms with Crippen molar-refractivity contribution in [2.45, 2.75) is 60.8 Å². The van der Waals surface area contributed by atoms with E-state index in [1.165, 1.54) is 18.4 Å². The molecule has 0 fully saturated rings. The lowest BCUT2D eigenvalue weighted by molar-refractivity contribution is 0.473. The van der Waals surface area contributed by atoms with Crippen LogP contribution >= 0.6 is 0 Å². The van der Waals surface area contributed by atoms with E-state index in [1.807, 2.05) is 13.0 Å². The third kappa shape index (κ3) is 42.8. The molecule has 0 spiro atoms. The van der Waals surface area contributed by atoms with Crippen molar-refractivity contribution >= 4 is 0 Å². The Morgan fingerprint density at radius 2 is 1.36 bits per heavy atom. The van der Waals surface area contributed by atoms with E-state index in [9.17, 15) is 0 Å². The predicted molar refractivity (Wildman–Crippen MR) is 67.7 cm³/mol. The highest BCUT2D eigenvalue weighted by Crippen LogP contribution is 1.96. The van der Waals surface area contributed by atoms with Crippen LogP contribution in [0.25, 0.3) is 0 Å². The molecule has 0 rings (SSSR count). The molecular formula is C13H28O. The molecule has 14 heavy (non-hydrogen) atoms. The minimum Gasteiger partial charge on any atom is -0.516 e. The van der Waals surface area contributed by atoms with Gasteiger partial charge < -0.3 is 5.11 Å². The van der Waals surface area contributed by atoms with Crippen LogP contribution in [0.3, 0.4) is 0 Å². The van der Waals surface area contributed by atoms with Gasteiger partial charge in [0.2, 0.25) is 0 Å². The van der Waals surface area contributed by atoms with Crippen LogP contribution in [-0.2, 0) is 0 Å². The molecule has 0 radical (unpaired) electrons. The Hall–Kier alpha value is -0.720. The molecule has 0 aliphatic rings. The van der Waals surface area contributed by atoms with Crippen LogP contribution in [0, 0.1) is 0 Å². The quantitative estimate of drug-likeness (QED) is 0.477. The van der Waals surface area contributed by atoms with E-state index in [0.29, 0.717) is 0 Å². The topological polar surface area (TPSA) is 20.2 Å². The number of hydrogen-bond acceptors (Lipinski definition) is 1. The summed E-state index contributed by atoms with van der Waals surface area (Å²) in [5, 5.41) is 8.19. The van der Waals surface area contributed by atoms with Crippen LogP contribution in [-0.4, -0.2) is 5.11 Å². The molecule has 0 aromatic rings. The minimum atomic E-state index is 1.04. The van der Waals surface area contributed by atoms with Crippen molar-refractivity contribution in [3.05, 3.63) is 24.0 Å². The molecule has 0 saturated carbocycles. The zero-order chi connectivity index (χ0) is 11.8. The summed E-state index contributed by atoms with van der Waals surface area (Å²) in [6.45, 7) is 12.6. The first-order valence-electron chi connectivity index (χ1n) is 5.60. The second-order valence-electron chi connectivity index (χ2n) is 3.12. The van der Waals surface area contributed by atoms with Crippen LogP contribution in [0.5, 0.6) is 0 Å². The summed E-state index contributed by atoms with van der Waals surface area (Å²) >= 11 is 0. The molecule has 0 bridgehead atoms. The average Bonchev–Trinajstić information content (AvgIpc) is 2.16. The van der Waals surface area contributed by atoms with Gasteiger partial charge in [-0.15, -0.1) is 0 Å². The maximum Gasteiger partial charge on any atom is 0.0791 e. The molecular weight excluding hydrogens is 172 g/mol. The molecule has 1 heteroatoms. The normalized spacial score (nSPS) is 10.0. The van der Waals surface area contributed by atoms with Crippen molar-refractivity contribution in [2.75, 3.05) is 0 Å². The third-order valence-electron chi connectivity index (χ3n) is 1.02. The van der Waals surface area contributed by atoms with Gasteiger partial charge in [-0.25, -0.2) is 0 Å². The molecule has 1 N–H and O–H groups in total. The van der Waals surface area contributed by atoms with E-state index < -0.39 is 0 Å². The standard InChI is InChI=1S/C7H12O.2C3H8/c1-3-7(2)5-4-6-8;2*1-3-2/h4-6,8H,3H2,1-2H3;2*3H2,1-2H3/b6-4-,7-5+;;. The molecule has 0 aromatic heterocycles. The predicted octanol–water partition coefficient (Wildman–Crippen LogP) is 5.25. The Morgan fingerprint density at radius 3 is 1.57 bits per heavy atom. The Bertz CT molecular complexity index is 121. The first-order valence-corrected chi connectivity index (χ1v) is 5.60. The highest BCUT2D eigenvalue weighted by atomic mass is 16.2. The fourth-order valence-electron chi connectivity index (χ4n) is 0.325. The minimum absolute atomic E-state index is 1.04. The lowest BCUT2D eigenvalue weighted by atomic mass is 10.2. The molecule has 1 nitrogen and oxygen atoms in total. The maximum absolute atomic E-state index is 8.19. The third-order valence-corrected chi connectivity index (χ3v) is 1.02. The molecule has 0 saturated heterocycles. The van der Waals surface area contributed by atoms with E-state index in [2.05, 4.69) is 34.6 Å². The highest BCUT2D eigenvalue weighted by molar-refractivity contribution is 5.07. The molecule has 0 heterocycles. The van der Waals surface area contributed by atoms with Gasteiger partial charge in [0, 0.05) is 0 Å². The van der Waals surface area contributed by atoms with E-state index in [4.69, 9.17) is 5.11 Å². The summed E-state index contributed by atoms with van der Waals surface area (Å²) in [5.74, 6) is 0.